The van der Waals surface area contributed by atoms with Gasteiger partial charge in [-0.05, 0) is 48.9 Å². The lowest BCUT2D eigenvalue weighted by molar-refractivity contribution is 0.542. The van der Waals surface area contributed by atoms with Gasteiger partial charge < -0.3 is 5.32 Å². The van der Waals surface area contributed by atoms with E-state index in [0.717, 1.165) is 10.9 Å². The van der Waals surface area contributed by atoms with Gasteiger partial charge in [0.1, 0.15) is 11.6 Å². The summed E-state index contributed by atoms with van der Waals surface area (Å²) in [5, 5.41) is 3.30. The topological polar surface area (TPSA) is 12.0 Å². The zero-order valence-corrected chi connectivity index (χ0v) is 13.8. The van der Waals surface area contributed by atoms with E-state index < -0.39 is 11.9 Å². The van der Waals surface area contributed by atoms with Gasteiger partial charge in [0.25, 0.3) is 0 Å². The summed E-state index contributed by atoms with van der Waals surface area (Å²) in [7, 11) is 0. The molecule has 0 aliphatic carbocycles. The lowest BCUT2D eigenvalue weighted by Gasteiger charge is -2.21. The van der Waals surface area contributed by atoms with Gasteiger partial charge in [-0.25, -0.2) is 8.78 Å². The largest absolute Gasteiger partial charge is 0.306 e. The van der Waals surface area contributed by atoms with Crippen LogP contribution < -0.4 is 5.32 Å². The number of nitrogens with one attached hydrogen (secondary N) is 1. The Morgan fingerprint density at radius 1 is 1.14 bits per heavy atom. The smallest absolute Gasteiger partial charge is 0.142 e. The Balaban J connectivity index is 2.46. The van der Waals surface area contributed by atoms with Gasteiger partial charge in [-0.2, -0.15) is 0 Å². The van der Waals surface area contributed by atoms with Crippen molar-refractivity contribution < 1.29 is 8.78 Å². The highest BCUT2D eigenvalue weighted by atomic mass is 79.9. The van der Waals surface area contributed by atoms with E-state index in [1.54, 1.807) is 18.2 Å². The Morgan fingerprint density at radius 2 is 1.90 bits per heavy atom. The molecule has 1 atom stereocenters. The average molecular weight is 375 g/mol. The molecule has 0 heterocycles. The Labute approximate surface area is 136 Å². The standard InChI is InChI=1S/C16H15BrClF2N/c1-2-7-21-16(10-3-5-13(18)15(20)8-10)12-9-11(17)4-6-14(12)19/h3-6,8-9,16,21H,2,7H2,1H3. The summed E-state index contributed by atoms with van der Waals surface area (Å²) in [6, 6.07) is 8.85. The molecule has 0 aliphatic rings. The molecular weight excluding hydrogens is 360 g/mol. The molecule has 0 aromatic heterocycles. The summed E-state index contributed by atoms with van der Waals surface area (Å²) in [6.07, 6.45) is 0.891. The average Bonchev–Trinajstić information content (AvgIpc) is 2.46. The Kier molecular flexibility index (Phi) is 5.73. The van der Waals surface area contributed by atoms with Crippen LogP contribution in [0.15, 0.2) is 40.9 Å². The molecule has 1 unspecified atom stereocenters. The van der Waals surface area contributed by atoms with Gasteiger partial charge in [0.15, 0.2) is 0 Å². The minimum absolute atomic E-state index is 0.0581. The minimum Gasteiger partial charge on any atom is -0.306 e. The molecule has 2 aromatic rings. The van der Waals surface area contributed by atoms with Crippen LogP contribution in [0.1, 0.15) is 30.5 Å². The molecule has 21 heavy (non-hydrogen) atoms. The van der Waals surface area contributed by atoms with Crippen LogP contribution in [0.3, 0.4) is 0 Å². The van der Waals surface area contributed by atoms with E-state index in [2.05, 4.69) is 21.2 Å². The van der Waals surface area contributed by atoms with Crippen LogP contribution in [-0.2, 0) is 0 Å². The lowest BCUT2D eigenvalue weighted by Crippen LogP contribution is -2.24. The second kappa shape index (κ2) is 7.34. The Hall–Kier alpha value is -0.970. The van der Waals surface area contributed by atoms with E-state index in [9.17, 15) is 8.78 Å². The highest BCUT2D eigenvalue weighted by molar-refractivity contribution is 9.10. The van der Waals surface area contributed by atoms with Crippen LogP contribution in [0, 0.1) is 11.6 Å². The third-order valence-electron chi connectivity index (χ3n) is 3.14. The SMILES string of the molecule is CCCNC(c1ccc(Cl)c(F)c1)c1cc(Br)ccc1F. The first-order valence-corrected chi connectivity index (χ1v) is 7.83. The van der Waals surface area contributed by atoms with Gasteiger partial charge >= 0.3 is 0 Å². The summed E-state index contributed by atoms with van der Waals surface area (Å²) in [5.41, 5.74) is 1.11. The van der Waals surface area contributed by atoms with Crippen molar-refractivity contribution in [3.05, 3.63) is 68.7 Å². The highest BCUT2D eigenvalue weighted by Crippen LogP contribution is 2.29. The minimum atomic E-state index is -0.507. The zero-order valence-electron chi connectivity index (χ0n) is 11.5. The van der Waals surface area contributed by atoms with Crippen molar-refractivity contribution >= 4 is 27.5 Å². The van der Waals surface area contributed by atoms with Gasteiger partial charge in [-0.1, -0.05) is 40.5 Å². The molecule has 1 nitrogen and oxygen atoms in total. The highest BCUT2D eigenvalue weighted by Gasteiger charge is 2.19. The van der Waals surface area contributed by atoms with Crippen molar-refractivity contribution in [2.45, 2.75) is 19.4 Å². The van der Waals surface area contributed by atoms with Crippen LogP contribution in [0.2, 0.25) is 5.02 Å². The maximum absolute atomic E-state index is 14.1. The van der Waals surface area contributed by atoms with Gasteiger partial charge in [0, 0.05) is 10.0 Å². The van der Waals surface area contributed by atoms with E-state index in [4.69, 9.17) is 11.6 Å². The predicted molar refractivity (Wildman–Crippen MR) is 85.6 cm³/mol. The van der Waals surface area contributed by atoms with E-state index >= 15 is 0 Å². The summed E-state index contributed by atoms with van der Waals surface area (Å²) in [4.78, 5) is 0. The number of rotatable bonds is 5. The van der Waals surface area contributed by atoms with Crippen molar-refractivity contribution in [3.8, 4) is 0 Å². The Morgan fingerprint density at radius 3 is 2.57 bits per heavy atom. The van der Waals surface area contributed by atoms with Crippen LogP contribution in [0.25, 0.3) is 0 Å². The number of hydrogen-bond donors (Lipinski definition) is 1. The maximum atomic E-state index is 14.1. The molecule has 0 amide bonds. The van der Waals surface area contributed by atoms with Crippen molar-refractivity contribution in [3.63, 3.8) is 0 Å². The Bertz CT molecular complexity index is 634. The number of halogens is 4. The predicted octanol–water partition coefficient (Wildman–Crippen LogP) is 5.47. The third kappa shape index (κ3) is 4.02. The molecular formula is C16H15BrClF2N. The van der Waals surface area contributed by atoms with Gasteiger partial charge in [-0.3, -0.25) is 0 Å². The van der Waals surface area contributed by atoms with Crippen molar-refractivity contribution in [1.82, 2.24) is 5.32 Å². The first kappa shape index (κ1) is 16.4. The second-order valence-electron chi connectivity index (χ2n) is 4.73. The zero-order chi connectivity index (χ0) is 15.4. The first-order chi connectivity index (χ1) is 10.0. The molecule has 2 rings (SSSR count). The van der Waals surface area contributed by atoms with Gasteiger partial charge in [0.2, 0.25) is 0 Å². The molecule has 1 N–H and O–H groups in total. The molecule has 2 aromatic carbocycles. The van der Waals surface area contributed by atoms with Gasteiger partial charge in [0.05, 0.1) is 11.1 Å². The number of hydrogen-bond acceptors (Lipinski definition) is 1. The molecule has 5 heteroatoms. The molecule has 0 bridgehead atoms. The van der Waals surface area contributed by atoms with Crippen LogP contribution >= 0.6 is 27.5 Å². The fourth-order valence-corrected chi connectivity index (χ4v) is 2.62. The van der Waals surface area contributed by atoms with Crippen LogP contribution in [0.4, 0.5) is 8.78 Å². The summed E-state index contributed by atoms with van der Waals surface area (Å²) >= 11 is 9.06. The van der Waals surface area contributed by atoms with Gasteiger partial charge in [-0.15, -0.1) is 0 Å². The summed E-state index contributed by atoms with van der Waals surface area (Å²) in [6.45, 7) is 2.71. The van der Waals surface area contributed by atoms with Crippen molar-refractivity contribution in [2.75, 3.05) is 6.54 Å². The van der Waals surface area contributed by atoms with Crippen LogP contribution in [0.5, 0.6) is 0 Å². The molecule has 112 valence electrons. The summed E-state index contributed by atoms with van der Waals surface area (Å²) in [5.74, 6) is -0.838. The molecule has 0 saturated carbocycles. The molecule has 0 fully saturated rings. The molecule has 0 aliphatic heterocycles. The fraction of sp³-hybridized carbons (Fsp3) is 0.250. The third-order valence-corrected chi connectivity index (χ3v) is 3.94. The maximum Gasteiger partial charge on any atom is 0.142 e. The monoisotopic (exact) mass is 373 g/mol. The molecule has 0 spiro atoms. The van der Waals surface area contributed by atoms with E-state index in [1.165, 1.54) is 18.2 Å². The number of benzene rings is 2. The van der Waals surface area contributed by atoms with Crippen molar-refractivity contribution in [1.29, 1.82) is 0 Å². The second-order valence-corrected chi connectivity index (χ2v) is 6.05. The fourth-order valence-electron chi connectivity index (χ4n) is 2.12. The molecule has 0 saturated heterocycles. The van der Waals surface area contributed by atoms with Crippen molar-refractivity contribution in [2.24, 2.45) is 0 Å². The molecule has 0 radical (unpaired) electrons. The lowest BCUT2D eigenvalue weighted by atomic mass is 9.98. The van der Waals surface area contributed by atoms with Crippen LogP contribution in [-0.4, -0.2) is 6.54 Å². The normalized spacial score (nSPS) is 12.4. The van der Waals surface area contributed by atoms with E-state index in [-0.39, 0.29) is 10.8 Å². The van der Waals surface area contributed by atoms with E-state index in [1.807, 2.05) is 6.92 Å². The van der Waals surface area contributed by atoms with E-state index in [0.29, 0.717) is 17.7 Å². The quantitative estimate of drug-likeness (QED) is 0.732. The first-order valence-electron chi connectivity index (χ1n) is 6.66. The summed E-state index contributed by atoms with van der Waals surface area (Å²) < 4.78 is 28.6.